The standard InChI is InChI=1S/C23H20F2N2O3/c24-17-7-4-15(5-8-17)10-20(11-16-6-9-21-22(12-16)30-14-29-21)27-23(28)26-19-3-1-2-18(25)13-19/h1-9,12-13,20H,10-11,14H2,(H2,26,27,28)/t20-/m0/s1. The SMILES string of the molecule is O=C(Nc1cccc(F)c1)N[C@@H](Cc1ccc(F)cc1)Cc1ccc2c(c1)OCO2. The molecular weight excluding hydrogens is 390 g/mol. The Morgan fingerprint density at radius 3 is 2.40 bits per heavy atom. The average Bonchev–Trinajstić information content (AvgIpc) is 3.17. The number of benzene rings is 3. The summed E-state index contributed by atoms with van der Waals surface area (Å²) in [5.74, 6) is 0.599. The Hall–Kier alpha value is -3.61. The number of ether oxygens (including phenoxy) is 2. The van der Waals surface area contributed by atoms with Crippen LogP contribution in [0.1, 0.15) is 11.1 Å². The van der Waals surface area contributed by atoms with Gasteiger partial charge in [0.1, 0.15) is 11.6 Å². The van der Waals surface area contributed by atoms with Crippen LogP contribution in [0.3, 0.4) is 0 Å². The molecule has 0 fully saturated rings. The molecule has 0 bridgehead atoms. The van der Waals surface area contributed by atoms with Crippen LogP contribution in [0.4, 0.5) is 19.3 Å². The highest BCUT2D eigenvalue weighted by Crippen LogP contribution is 2.33. The first-order valence-corrected chi connectivity index (χ1v) is 9.51. The molecule has 0 saturated heterocycles. The number of carbonyl (C=O) groups excluding carboxylic acids is 1. The van der Waals surface area contributed by atoms with E-state index in [1.807, 2.05) is 18.2 Å². The van der Waals surface area contributed by atoms with Gasteiger partial charge in [-0.3, -0.25) is 0 Å². The smallest absolute Gasteiger partial charge is 0.319 e. The summed E-state index contributed by atoms with van der Waals surface area (Å²) >= 11 is 0. The fraction of sp³-hybridized carbons (Fsp3) is 0.174. The number of fused-ring (bicyclic) bond motifs is 1. The van der Waals surface area contributed by atoms with Gasteiger partial charge in [0.2, 0.25) is 6.79 Å². The Kier molecular flexibility index (Phi) is 5.79. The normalized spacial score (nSPS) is 13.0. The quantitative estimate of drug-likeness (QED) is 0.621. The summed E-state index contributed by atoms with van der Waals surface area (Å²) in [6, 6.07) is 16.7. The third-order valence-corrected chi connectivity index (χ3v) is 4.73. The zero-order valence-corrected chi connectivity index (χ0v) is 16.0. The molecule has 2 amide bonds. The lowest BCUT2D eigenvalue weighted by atomic mass is 9.98. The van der Waals surface area contributed by atoms with Crippen LogP contribution in [0.15, 0.2) is 66.7 Å². The van der Waals surface area contributed by atoms with Gasteiger partial charge in [-0.2, -0.15) is 0 Å². The fourth-order valence-corrected chi connectivity index (χ4v) is 3.35. The first kappa shape index (κ1) is 19.7. The van der Waals surface area contributed by atoms with Crippen molar-refractivity contribution < 1.29 is 23.0 Å². The lowest BCUT2D eigenvalue weighted by molar-refractivity contribution is 0.174. The van der Waals surface area contributed by atoms with Crippen LogP contribution in [0.2, 0.25) is 0 Å². The minimum atomic E-state index is -0.451. The second-order valence-corrected chi connectivity index (χ2v) is 7.03. The Morgan fingerprint density at radius 1 is 0.867 bits per heavy atom. The zero-order valence-electron chi connectivity index (χ0n) is 16.0. The molecule has 2 N–H and O–H groups in total. The summed E-state index contributed by atoms with van der Waals surface area (Å²) in [5.41, 5.74) is 2.20. The van der Waals surface area contributed by atoms with Crippen molar-refractivity contribution in [2.24, 2.45) is 0 Å². The second-order valence-electron chi connectivity index (χ2n) is 7.03. The molecule has 1 aliphatic heterocycles. The first-order chi connectivity index (χ1) is 14.5. The average molecular weight is 410 g/mol. The van der Waals surface area contributed by atoms with Crippen LogP contribution in [0, 0.1) is 11.6 Å². The van der Waals surface area contributed by atoms with E-state index in [9.17, 15) is 13.6 Å². The number of anilines is 1. The highest BCUT2D eigenvalue weighted by atomic mass is 19.1. The van der Waals surface area contributed by atoms with Crippen LogP contribution >= 0.6 is 0 Å². The summed E-state index contributed by atoms with van der Waals surface area (Å²) in [7, 11) is 0. The number of hydrogen-bond donors (Lipinski definition) is 2. The van der Waals surface area contributed by atoms with Crippen LogP contribution in [-0.2, 0) is 12.8 Å². The summed E-state index contributed by atoms with van der Waals surface area (Å²) < 4.78 is 37.4. The number of halogens is 2. The van der Waals surface area contributed by atoms with Gasteiger partial charge in [-0.05, 0) is 66.4 Å². The largest absolute Gasteiger partial charge is 0.454 e. The van der Waals surface area contributed by atoms with E-state index in [2.05, 4.69) is 10.6 Å². The summed E-state index contributed by atoms with van der Waals surface area (Å²) in [6.07, 6.45) is 1.01. The molecule has 1 aliphatic rings. The minimum absolute atomic E-state index is 0.187. The second kappa shape index (κ2) is 8.82. The van der Waals surface area contributed by atoms with Crippen LogP contribution < -0.4 is 20.1 Å². The number of nitrogens with one attached hydrogen (secondary N) is 2. The number of rotatable bonds is 6. The van der Waals surface area contributed by atoms with Gasteiger partial charge in [0, 0.05) is 11.7 Å². The van der Waals surface area contributed by atoms with Crippen molar-refractivity contribution in [2.75, 3.05) is 12.1 Å². The summed E-state index contributed by atoms with van der Waals surface area (Å²) in [4.78, 5) is 12.5. The molecule has 0 saturated carbocycles. The monoisotopic (exact) mass is 410 g/mol. The van der Waals surface area contributed by atoms with E-state index >= 15 is 0 Å². The Bertz CT molecular complexity index is 1040. The molecule has 7 heteroatoms. The van der Waals surface area contributed by atoms with Gasteiger partial charge < -0.3 is 20.1 Å². The van der Waals surface area contributed by atoms with Gasteiger partial charge in [0.05, 0.1) is 0 Å². The Morgan fingerprint density at radius 2 is 1.60 bits per heavy atom. The van der Waals surface area contributed by atoms with Crippen molar-refractivity contribution in [1.29, 1.82) is 0 Å². The van der Waals surface area contributed by atoms with Crippen molar-refractivity contribution in [2.45, 2.75) is 18.9 Å². The van der Waals surface area contributed by atoms with Gasteiger partial charge in [0.25, 0.3) is 0 Å². The number of hydrogen-bond acceptors (Lipinski definition) is 3. The Labute approximate surface area is 172 Å². The van der Waals surface area contributed by atoms with Crippen molar-refractivity contribution in [3.63, 3.8) is 0 Å². The first-order valence-electron chi connectivity index (χ1n) is 9.51. The minimum Gasteiger partial charge on any atom is -0.454 e. The number of urea groups is 1. The molecule has 154 valence electrons. The topological polar surface area (TPSA) is 59.6 Å². The van der Waals surface area contributed by atoms with Gasteiger partial charge in [-0.25, -0.2) is 13.6 Å². The van der Waals surface area contributed by atoms with Gasteiger partial charge >= 0.3 is 6.03 Å². The molecule has 1 atom stereocenters. The molecule has 0 spiro atoms. The lowest BCUT2D eigenvalue weighted by Gasteiger charge is -2.20. The Balaban J connectivity index is 1.48. The molecular formula is C23H20F2N2O3. The maximum absolute atomic E-state index is 13.4. The molecule has 0 radical (unpaired) electrons. The molecule has 0 aliphatic carbocycles. The highest BCUT2D eigenvalue weighted by molar-refractivity contribution is 5.89. The summed E-state index contributed by atoms with van der Waals surface area (Å²) in [6.45, 7) is 0.187. The van der Waals surface area contributed by atoms with Crippen molar-refractivity contribution in [3.05, 3.63) is 89.5 Å². The molecule has 5 nitrogen and oxygen atoms in total. The predicted octanol–water partition coefficient (Wildman–Crippen LogP) is 4.67. The van der Waals surface area contributed by atoms with Crippen molar-refractivity contribution in [1.82, 2.24) is 5.32 Å². The van der Waals surface area contributed by atoms with Crippen molar-refractivity contribution >= 4 is 11.7 Å². The molecule has 0 unspecified atom stereocenters. The van der Waals surface area contributed by atoms with E-state index in [0.717, 1.165) is 11.1 Å². The van der Waals surface area contributed by atoms with Gasteiger partial charge in [0.15, 0.2) is 11.5 Å². The van der Waals surface area contributed by atoms with Crippen molar-refractivity contribution in [3.8, 4) is 11.5 Å². The van der Waals surface area contributed by atoms with Gasteiger partial charge in [-0.1, -0.05) is 24.3 Å². The molecule has 3 aromatic carbocycles. The number of carbonyl (C=O) groups is 1. The summed E-state index contributed by atoms with van der Waals surface area (Å²) in [5, 5.41) is 5.57. The van der Waals surface area contributed by atoms with E-state index in [1.54, 1.807) is 18.2 Å². The van der Waals surface area contributed by atoms with E-state index < -0.39 is 11.8 Å². The van der Waals surface area contributed by atoms with E-state index in [-0.39, 0.29) is 18.7 Å². The maximum atomic E-state index is 13.4. The molecule has 30 heavy (non-hydrogen) atoms. The maximum Gasteiger partial charge on any atom is 0.319 e. The third-order valence-electron chi connectivity index (χ3n) is 4.73. The zero-order chi connectivity index (χ0) is 20.9. The van der Waals surface area contributed by atoms with Gasteiger partial charge in [-0.15, -0.1) is 0 Å². The predicted molar refractivity (Wildman–Crippen MR) is 109 cm³/mol. The van der Waals surface area contributed by atoms with E-state index in [0.29, 0.717) is 30.0 Å². The van der Waals surface area contributed by atoms with E-state index in [4.69, 9.17) is 9.47 Å². The molecule has 4 rings (SSSR count). The lowest BCUT2D eigenvalue weighted by Crippen LogP contribution is -2.40. The highest BCUT2D eigenvalue weighted by Gasteiger charge is 2.18. The molecule has 0 aromatic heterocycles. The molecule has 1 heterocycles. The van der Waals surface area contributed by atoms with Crippen LogP contribution in [-0.4, -0.2) is 18.9 Å². The third kappa shape index (κ3) is 5.05. The van der Waals surface area contributed by atoms with Crippen LogP contribution in [0.5, 0.6) is 11.5 Å². The number of amides is 2. The van der Waals surface area contributed by atoms with Crippen LogP contribution in [0.25, 0.3) is 0 Å². The molecule has 3 aromatic rings. The van der Waals surface area contributed by atoms with E-state index in [1.165, 1.54) is 30.3 Å². The fourth-order valence-electron chi connectivity index (χ4n) is 3.35.